The van der Waals surface area contributed by atoms with Crippen molar-refractivity contribution in [1.29, 1.82) is 0 Å². The van der Waals surface area contributed by atoms with Crippen LogP contribution >= 0.6 is 0 Å². The number of ether oxygens (including phenoxy) is 1. The van der Waals surface area contributed by atoms with Gasteiger partial charge in [0.1, 0.15) is 0 Å². The lowest BCUT2D eigenvalue weighted by atomic mass is 9.90. The molecule has 9 heteroatoms. The van der Waals surface area contributed by atoms with E-state index in [0.717, 1.165) is 40.9 Å². The highest BCUT2D eigenvalue weighted by molar-refractivity contribution is 6.04. The molecule has 0 spiro atoms. The molecule has 1 aliphatic heterocycles. The highest BCUT2D eigenvalue weighted by Crippen LogP contribution is 2.28. The number of aromatic nitrogens is 3. The van der Waals surface area contributed by atoms with Gasteiger partial charge < -0.3 is 20.3 Å². The fraction of sp³-hybridized carbons (Fsp3) is 0.258. The molecule has 40 heavy (non-hydrogen) atoms. The van der Waals surface area contributed by atoms with Crippen LogP contribution in [0.2, 0.25) is 0 Å². The molecule has 1 aliphatic rings. The van der Waals surface area contributed by atoms with Gasteiger partial charge in [-0.1, -0.05) is 18.2 Å². The van der Waals surface area contributed by atoms with Crippen molar-refractivity contribution in [1.82, 2.24) is 19.9 Å². The van der Waals surface area contributed by atoms with E-state index in [2.05, 4.69) is 25.6 Å². The van der Waals surface area contributed by atoms with E-state index in [0.29, 0.717) is 36.9 Å². The normalized spacial score (nSPS) is 14.8. The number of pyridine rings is 1. The summed E-state index contributed by atoms with van der Waals surface area (Å²) in [4.78, 5) is 40.1. The second-order valence-corrected chi connectivity index (χ2v) is 9.72. The Hall–Kier alpha value is -4.79. The van der Waals surface area contributed by atoms with Gasteiger partial charge in [0, 0.05) is 60.1 Å². The molecule has 0 radical (unpaired) electrons. The first-order chi connectivity index (χ1) is 19.5. The summed E-state index contributed by atoms with van der Waals surface area (Å²) in [7, 11) is 0. The maximum Gasteiger partial charge on any atom is 0.409 e. The second-order valence-electron chi connectivity index (χ2n) is 9.72. The predicted octanol–water partition coefficient (Wildman–Crippen LogP) is 6.18. The molecule has 3 heterocycles. The number of benzene rings is 2. The van der Waals surface area contributed by atoms with E-state index in [-0.39, 0.29) is 17.9 Å². The third kappa shape index (κ3) is 6.43. The van der Waals surface area contributed by atoms with Crippen LogP contribution in [0.3, 0.4) is 0 Å². The number of anilines is 3. The molecule has 2 aromatic carbocycles. The van der Waals surface area contributed by atoms with Crippen molar-refractivity contribution in [2.24, 2.45) is 0 Å². The third-order valence-corrected chi connectivity index (χ3v) is 6.95. The van der Waals surface area contributed by atoms with Crippen molar-refractivity contribution in [2.45, 2.75) is 32.6 Å². The number of nitrogens with one attached hydrogen (secondary N) is 2. The molecule has 1 unspecified atom stereocenters. The van der Waals surface area contributed by atoms with Crippen LogP contribution in [-0.4, -0.2) is 51.5 Å². The molecular formula is C31H32N6O3. The highest BCUT2D eigenvalue weighted by atomic mass is 16.6. The Morgan fingerprint density at radius 3 is 2.70 bits per heavy atom. The number of aryl methyl sites for hydroxylation is 1. The Balaban J connectivity index is 1.24. The van der Waals surface area contributed by atoms with Gasteiger partial charge in [0.2, 0.25) is 5.95 Å². The third-order valence-electron chi connectivity index (χ3n) is 6.95. The number of nitrogens with zero attached hydrogens (tertiary/aromatic N) is 4. The average Bonchev–Trinajstić information content (AvgIpc) is 3.00. The fourth-order valence-corrected chi connectivity index (χ4v) is 4.79. The van der Waals surface area contributed by atoms with Gasteiger partial charge >= 0.3 is 6.09 Å². The quantitative estimate of drug-likeness (QED) is 0.290. The lowest BCUT2D eigenvalue weighted by Gasteiger charge is -2.32. The van der Waals surface area contributed by atoms with Gasteiger partial charge in [0.15, 0.2) is 0 Å². The average molecular weight is 537 g/mol. The number of piperidine rings is 1. The van der Waals surface area contributed by atoms with Gasteiger partial charge in [-0.25, -0.2) is 14.8 Å². The minimum Gasteiger partial charge on any atom is -0.450 e. The first kappa shape index (κ1) is 26.8. The Kier molecular flexibility index (Phi) is 8.29. The Bertz CT molecular complexity index is 1480. The van der Waals surface area contributed by atoms with Crippen LogP contribution in [0.4, 0.5) is 22.1 Å². The minimum atomic E-state index is -0.261. The molecule has 1 atom stereocenters. The van der Waals surface area contributed by atoms with Crippen LogP contribution in [-0.2, 0) is 4.74 Å². The Labute approximate surface area is 233 Å². The van der Waals surface area contributed by atoms with Crippen LogP contribution in [0.5, 0.6) is 0 Å². The minimum absolute atomic E-state index is 0.201. The summed E-state index contributed by atoms with van der Waals surface area (Å²) in [5.74, 6) is 0.473. The largest absolute Gasteiger partial charge is 0.450 e. The van der Waals surface area contributed by atoms with Gasteiger partial charge in [0.05, 0.1) is 12.3 Å². The number of hydrogen-bond donors (Lipinski definition) is 2. The molecule has 2 N–H and O–H groups in total. The molecule has 9 nitrogen and oxygen atoms in total. The van der Waals surface area contributed by atoms with Crippen LogP contribution in [0.1, 0.15) is 47.2 Å². The number of hydrogen-bond acceptors (Lipinski definition) is 7. The van der Waals surface area contributed by atoms with Crippen molar-refractivity contribution < 1.29 is 14.3 Å². The van der Waals surface area contributed by atoms with E-state index in [1.54, 1.807) is 23.5 Å². The summed E-state index contributed by atoms with van der Waals surface area (Å²) in [5, 5.41) is 6.25. The molecular weight excluding hydrogens is 504 g/mol. The van der Waals surface area contributed by atoms with E-state index in [1.165, 1.54) is 0 Å². The summed E-state index contributed by atoms with van der Waals surface area (Å²) in [5.41, 5.74) is 5.77. The first-order valence-electron chi connectivity index (χ1n) is 13.4. The number of likely N-dealkylation sites (tertiary alicyclic amines) is 1. The molecule has 5 rings (SSSR count). The number of carbonyl (C=O) groups is 2. The molecule has 2 amide bonds. The first-order valence-corrected chi connectivity index (χ1v) is 13.4. The molecule has 1 fully saturated rings. The van der Waals surface area contributed by atoms with Crippen LogP contribution in [0.15, 0.2) is 79.3 Å². The van der Waals surface area contributed by atoms with Gasteiger partial charge in [-0.3, -0.25) is 9.78 Å². The molecule has 0 aliphatic carbocycles. The van der Waals surface area contributed by atoms with Crippen molar-refractivity contribution in [2.75, 3.05) is 30.3 Å². The standard InChI is InChI=1S/C31H32N6O3/c1-3-40-31(39)37-17-5-7-25(20-37)22-9-11-23(12-10-22)29(38)34-26-13-8-21(2)28(18-26)36-30-33-16-14-27(35-30)24-6-4-15-32-19-24/h4,6,8-16,18-19,25H,3,5,7,17,20H2,1-2H3,(H,34,38)(H,33,35,36). The maximum atomic E-state index is 13.0. The molecule has 1 saturated heterocycles. The lowest BCUT2D eigenvalue weighted by Crippen LogP contribution is -2.39. The number of carbonyl (C=O) groups excluding carboxylic acids is 2. The van der Waals surface area contributed by atoms with Gasteiger partial charge in [0.25, 0.3) is 5.91 Å². The van der Waals surface area contributed by atoms with E-state index < -0.39 is 0 Å². The molecule has 204 valence electrons. The van der Waals surface area contributed by atoms with E-state index >= 15 is 0 Å². The highest BCUT2D eigenvalue weighted by Gasteiger charge is 2.25. The smallest absolute Gasteiger partial charge is 0.409 e. The summed E-state index contributed by atoms with van der Waals surface area (Å²) in [6.07, 6.45) is 6.84. The molecule has 2 aromatic heterocycles. The molecule has 0 bridgehead atoms. The number of rotatable bonds is 7. The van der Waals surface area contributed by atoms with Gasteiger partial charge in [-0.15, -0.1) is 0 Å². The van der Waals surface area contributed by atoms with Crippen LogP contribution < -0.4 is 10.6 Å². The lowest BCUT2D eigenvalue weighted by molar-refractivity contribution is 0.0958. The zero-order valence-corrected chi connectivity index (χ0v) is 22.6. The van der Waals surface area contributed by atoms with E-state index in [1.807, 2.05) is 74.5 Å². The summed E-state index contributed by atoms with van der Waals surface area (Å²) in [6.45, 7) is 5.50. The van der Waals surface area contributed by atoms with Crippen molar-refractivity contribution in [3.63, 3.8) is 0 Å². The van der Waals surface area contributed by atoms with Gasteiger partial charge in [-0.05, 0) is 80.3 Å². The summed E-state index contributed by atoms with van der Waals surface area (Å²) in [6, 6.07) is 18.9. The molecule has 0 saturated carbocycles. The SMILES string of the molecule is CCOC(=O)N1CCCC(c2ccc(C(=O)Nc3ccc(C)c(Nc4nccc(-c5cccnc5)n4)c3)cc2)C1. The fourth-order valence-electron chi connectivity index (χ4n) is 4.79. The van der Waals surface area contributed by atoms with E-state index in [9.17, 15) is 9.59 Å². The van der Waals surface area contributed by atoms with Crippen molar-refractivity contribution >= 4 is 29.3 Å². The monoisotopic (exact) mass is 536 g/mol. The topological polar surface area (TPSA) is 109 Å². The van der Waals surface area contributed by atoms with Crippen LogP contribution in [0, 0.1) is 6.92 Å². The number of amides is 2. The molecule has 4 aromatic rings. The zero-order chi connectivity index (χ0) is 27.9. The summed E-state index contributed by atoms with van der Waals surface area (Å²) >= 11 is 0. The summed E-state index contributed by atoms with van der Waals surface area (Å²) < 4.78 is 5.17. The Morgan fingerprint density at radius 1 is 1.07 bits per heavy atom. The second kappa shape index (κ2) is 12.4. The van der Waals surface area contributed by atoms with Gasteiger partial charge in [-0.2, -0.15) is 0 Å². The Morgan fingerprint density at radius 2 is 1.93 bits per heavy atom. The predicted molar refractivity (Wildman–Crippen MR) is 155 cm³/mol. The van der Waals surface area contributed by atoms with Crippen LogP contribution in [0.25, 0.3) is 11.3 Å². The van der Waals surface area contributed by atoms with E-state index in [4.69, 9.17) is 4.74 Å². The van der Waals surface area contributed by atoms with Crippen molar-refractivity contribution in [3.8, 4) is 11.3 Å². The maximum absolute atomic E-state index is 13.0. The van der Waals surface area contributed by atoms with Crippen molar-refractivity contribution in [3.05, 3.63) is 95.9 Å². The zero-order valence-electron chi connectivity index (χ0n) is 22.6.